The van der Waals surface area contributed by atoms with Crippen LogP contribution >= 0.6 is 0 Å². The molecule has 1 aliphatic rings. The van der Waals surface area contributed by atoms with Crippen LogP contribution in [-0.2, 0) is 16.2 Å². The Kier molecular flexibility index (Phi) is 8.82. The van der Waals surface area contributed by atoms with Crippen LogP contribution in [-0.4, -0.2) is 69.3 Å². The van der Waals surface area contributed by atoms with Crippen LogP contribution in [0.15, 0.2) is 72.4 Å². The summed E-state index contributed by atoms with van der Waals surface area (Å²) in [5, 5.41) is 11.7. The number of benzene rings is 2. The maximum absolute atomic E-state index is 13.7. The van der Waals surface area contributed by atoms with E-state index in [1.807, 2.05) is 73.0 Å². The van der Waals surface area contributed by atoms with Crippen molar-refractivity contribution in [1.29, 1.82) is 0 Å². The van der Waals surface area contributed by atoms with E-state index in [9.17, 15) is 14.7 Å². The number of ether oxygens (including phenoxy) is 2. The van der Waals surface area contributed by atoms with E-state index in [1.54, 1.807) is 24.1 Å². The molecule has 1 fully saturated rings. The number of hydrogen-bond acceptors (Lipinski definition) is 7. The molecule has 3 heterocycles. The zero-order chi connectivity index (χ0) is 30.7. The van der Waals surface area contributed by atoms with Crippen molar-refractivity contribution < 1.29 is 24.2 Å². The van der Waals surface area contributed by atoms with Gasteiger partial charge in [-0.1, -0.05) is 56.3 Å². The third-order valence-electron chi connectivity index (χ3n) is 8.14. The van der Waals surface area contributed by atoms with E-state index in [4.69, 9.17) is 14.5 Å². The number of aryl methyl sites for hydroxylation is 2. The highest BCUT2D eigenvalue weighted by molar-refractivity contribution is 6.46. The van der Waals surface area contributed by atoms with Gasteiger partial charge in [0, 0.05) is 19.3 Å². The second-order valence-electron chi connectivity index (χ2n) is 10.6. The fourth-order valence-corrected chi connectivity index (χ4v) is 5.63. The van der Waals surface area contributed by atoms with Crippen molar-refractivity contribution in [3.63, 3.8) is 0 Å². The van der Waals surface area contributed by atoms with Gasteiger partial charge in [-0.25, -0.2) is 4.98 Å². The number of aliphatic hydroxyl groups is 1. The summed E-state index contributed by atoms with van der Waals surface area (Å²) in [5.41, 5.74) is 4.20. The molecule has 9 nitrogen and oxygen atoms in total. The number of likely N-dealkylation sites (N-methyl/N-ethyl adjacent to an activating group) is 1. The quantitative estimate of drug-likeness (QED) is 0.146. The number of hydrogen-bond donors (Lipinski definition) is 1. The Morgan fingerprint density at radius 2 is 1.74 bits per heavy atom. The predicted octanol–water partition coefficient (Wildman–Crippen LogP) is 5.30. The molecule has 1 saturated heterocycles. The number of pyridine rings is 1. The molecule has 1 amide bonds. The van der Waals surface area contributed by atoms with Crippen molar-refractivity contribution in [2.24, 2.45) is 0 Å². The molecular weight excluding hydrogens is 544 g/mol. The molecule has 0 radical (unpaired) electrons. The summed E-state index contributed by atoms with van der Waals surface area (Å²) < 4.78 is 13.6. The molecule has 2 aromatic heterocycles. The first-order chi connectivity index (χ1) is 20.8. The van der Waals surface area contributed by atoms with Crippen molar-refractivity contribution >= 4 is 23.1 Å². The molecule has 2 aromatic carbocycles. The van der Waals surface area contributed by atoms with Crippen LogP contribution in [0.1, 0.15) is 48.0 Å². The molecule has 0 aliphatic carbocycles. The number of methoxy groups -OCH3 is 1. The molecule has 43 heavy (non-hydrogen) atoms. The Labute approximate surface area is 252 Å². The van der Waals surface area contributed by atoms with E-state index in [0.717, 1.165) is 24.2 Å². The number of fused-ring (bicyclic) bond motifs is 1. The van der Waals surface area contributed by atoms with Gasteiger partial charge in [-0.2, -0.15) is 0 Å². The average molecular weight is 583 g/mol. The minimum absolute atomic E-state index is 0.00807. The van der Waals surface area contributed by atoms with Gasteiger partial charge in [0.05, 0.1) is 24.4 Å². The van der Waals surface area contributed by atoms with Crippen LogP contribution in [0.25, 0.3) is 11.4 Å². The lowest BCUT2D eigenvalue weighted by Gasteiger charge is -2.28. The van der Waals surface area contributed by atoms with Crippen LogP contribution in [0.2, 0.25) is 0 Å². The number of aliphatic hydroxyl groups excluding tert-OH is 1. The van der Waals surface area contributed by atoms with Gasteiger partial charge in [0.25, 0.3) is 11.7 Å². The minimum Gasteiger partial charge on any atom is -0.505 e. The number of carbonyl (C=O) groups is 2. The first-order valence-corrected chi connectivity index (χ1v) is 14.6. The maximum Gasteiger partial charge on any atom is 0.295 e. The summed E-state index contributed by atoms with van der Waals surface area (Å²) in [7, 11) is 1.55. The monoisotopic (exact) mass is 582 g/mol. The predicted molar refractivity (Wildman–Crippen MR) is 165 cm³/mol. The number of aromatic nitrogens is 2. The Morgan fingerprint density at radius 3 is 2.42 bits per heavy atom. The van der Waals surface area contributed by atoms with Crippen molar-refractivity contribution in [2.45, 2.75) is 40.3 Å². The number of carbonyl (C=O) groups excluding carboxylic acids is 2. The molecule has 4 aromatic rings. The van der Waals surface area contributed by atoms with Gasteiger partial charge in [-0.05, 0) is 61.8 Å². The van der Waals surface area contributed by atoms with Crippen molar-refractivity contribution in [1.82, 2.24) is 19.2 Å². The van der Waals surface area contributed by atoms with Gasteiger partial charge >= 0.3 is 0 Å². The van der Waals surface area contributed by atoms with Gasteiger partial charge < -0.3 is 28.8 Å². The Hall–Kier alpha value is -4.63. The molecule has 1 unspecified atom stereocenters. The van der Waals surface area contributed by atoms with Crippen molar-refractivity contribution in [2.75, 3.05) is 33.3 Å². The third kappa shape index (κ3) is 5.72. The summed E-state index contributed by atoms with van der Waals surface area (Å²) in [6, 6.07) is 18.2. The Bertz CT molecular complexity index is 1670. The van der Waals surface area contributed by atoms with Crippen LogP contribution in [0.5, 0.6) is 11.5 Å². The number of rotatable bonds is 11. The van der Waals surface area contributed by atoms with Gasteiger partial charge in [0.15, 0.2) is 17.3 Å². The molecule has 224 valence electrons. The van der Waals surface area contributed by atoms with E-state index >= 15 is 0 Å². The highest BCUT2D eigenvalue weighted by Crippen LogP contribution is 2.42. The lowest BCUT2D eigenvalue weighted by Crippen LogP contribution is -2.38. The van der Waals surface area contributed by atoms with E-state index < -0.39 is 17.7 Å². The summed E-state index contributed by atoms with van der Waals surface area (Å²) in [5.74, 6) is -0.694. The first-order valence-electron chi connectivity index (χ1n) is 14.6. The minimum atomic E-state index is -0.835. The number of Topliss-reactive ketones (excluding diaryl/α,β-unsaturated/α-hetero) is 1. The van der Waals surface area contributed by atoms with E-state index in [0.29, 0.717) is 48.1 Å². The van der Waals surface area contributed by atoms with Crippen LogP contribution < -0.4 is 9.47 Å². The molecule has 0 bridgehead atoms. The smallest absolute Gasteiger partial charge is 0.295 e. The molecule has 9 heteroatoms. The number of ketones is 1. The zero-order valence-electron chi connectivity index (χ0n) is 25.3. The molecule has 1 atom stereocenters. The summed E-state index contributed by atoms with van der Waals surface area (Å²) in [4.78, 5) is 35.6. The number of imidazole rings is 1. The Balaban J connectivity index is 1.60. The fraction of sp³-hybridized carbons (Fsp3) is 0.324. The highest BCUT2D eigenvalue weighted by atomic mass is 16.5. The van der Waals surface area contributed by atoms with Crippen LogP contribution in [0.3, 0.4) is 0 Å². The van der Waals surface area contributed by atoms with Crippen LogP contribution in [0.4, 0.5) is 0 Å². The third-order valence-corrected chi connectivity index (χ3v) is 8.14. The standard InChI is InChI=1S/C34H38N4O5/c1-6-36(7-2)18-19-38-30(25-15-16-26(27(20-25)42-5)43-21-24-13-9-8-10-14-24)28(32(40)34(38)41)31(39)29-23(4)37-17-11-12-22(3)33(37)35-29/h8-17,20,30,39H,6-7,18-19,21H2,1-5H3. The lowest BCUT2D eigenvalue weighted by molar-refractivity contribution is -0.140. The molecule has 5 rings (SSSR count). The van der Waals surface area contributed by atoms with Gasteiger partial charge in [0.2, 0.25) is 0 Å². The van der Waals surface area contributed by atoms with Gasteiger partial charge in [-0.15, -0.1) is 0 Å². The molecular formula is C34H38N4O5. The normalized spacial score (nSPS) is 16.4. The van der Waals surface area contributed by atoms with Crippen molar-refractivity contribution in [3.8, 4) is 11.5 Å². The number of likely N-dealkylation sites (tertiary alicyclic amines) is 1. The summed E-state index contributed by atoms with van der Waals surface area (Å²) >= 11 is 0. The van der Waals surface area contributed by atoms with Gasteiger partial charge in [0.1, 0.15) is 17.9 Å². The first kappa shape index (κ1) is 29.8. The Morgan fingerprint density at radius 1 is 1.00 bits per heavy atom. The van der Waals surface area contributed by atoms with Crippen LogP contribution in [0, 0.1) is 13.8 Å². The van der Waals surface area contributed by atoms with E-state index in [1.165, 1.54) is 0 Å². The van der Waals surface area contributed by atoms with E-state index in [-0.39, 0.29) is 17.0 Å². The summed E-state index contributed by atoms with van der Waals surface area (Å²) in [6.45, 7) is 10.8. The molecule has 1 N–H and O–H groups in total. The SMILES string of the molecule is CCN(CC)CCN1C(=O)C(=O)C(=C(O)c2nc3c(C)cccn3c2C)C1c1ccc(OCc2ccccc2)c(OC)c1. The van der Waals surface area contributed by atoms with E-state index in [2.05, 4.69) is 18.7 Å². The fourth-order valence-electron chi connectivity index (χ4n) is 5.63. The largest absolute Gasteiger partial charge is 0.505 e. The van der Waals surface area contributed by atoms with Gasteiger partial charge in [-0.3, -0.25) is 9.59 Å². The highest BCUT2D eigenvalue weighted by Gasteiger charge is 2.46. The maximum atomic E-state index is 13.7. The number of nitrogens with zero attached hydrogens (tertiary/aromatic N) is 4. The topological polar surface area (TPSA) is 96.6 Å². The van der Waals surface area contributed by atoms with Crippen molar-refractivity contribution in [3.05, 3.63) is 101 Å². The average Bonchev–Trinajstić information content (AvgIpc) is 3.50. The summed E-state index contributed by atoms with van der Waals surface area (Å²) in [6.07, 6.45) is 1.86. The molecule has 0 saturated carbocycles. The second kappa shape index (κ2) is 12.7. The second-order valence-corrected chi connectivity index (χ2v) is 10.6. The number of amides is 1. The molecule has 1 aliphatic heterocycles. The lowest BCUT2D eigenvalue weighted by atomic mass is 9.96. The zero-order valence-corrected chi connectivity index (χ0v) is 25.3. The molecule has 0 spiro atoms.